The van der Waals surface area contributed by atoms with Crippen LogP contribution in [-0.4, -0.2) is 29.8 Å². The summed E-state index contributed by atoms with van der Waals surface area (Å²) in [4.78, 5) is 17.0. The fraction of sp³-hybridized carbons (Fsp3) is 0.455. The van der Waals surface area contributed by atoms with Crippen LogP contribution >= 0.6 is 11.8 Å². The van der Waals surface area contributed by atoms with Crippen molar-refractivity contribution in [2.45, 2.75) is 36.1 Å². The number of nitrogens with one attached hydrogen (secondary N) is 1. The van der Waals surface area contributed by atoms with Gasteiger partial charge in [-0.1, -0.05) is 24.6 Å². The van der Waals surface area contributed by atoms with Crippen LogP contribution in [0.5, 0.6) is 0 Å². The number of aromatic nitrogens is 5. The van der Waals surface area contributed by atoms with E-state index in [2.05, 4.69) is 25.4 Å². The third-order valence-corrected chi connectivity index (χ3v) is 4.24. The molecule has 8 heteroatoms. The summed E-state index contributed by atoms with van der Waals surface area (Å²) in [6.07, 6.45) is 10.2. The largest absolute Gasteiger partial charge is 0.292 e. The number of rotatable bonds is 4. The predicted molar refractivity (Wildman–Crippen MR) is 72.9 cm³/mol. The van der Waals surface area contributed by atoms with Crippen LogP contribution in [0, 0.1) is 0 Å². The first kappa shape index (κ1) is 12.4. The molecule has 19 heavy (non-hydrogen) atoms. The van der Waals surface area contributed by atoms with E-state index in [9.17, 15) is 0 Å². The van der Waals surface area contributed by atoms with Crippen molar-refractivity contribution in [1.82, 2.24) is 24.5 Å². The molecular formula is C11H15N7S. The summed E-state index contributed by atoms with van der Waals surface area (Å²) in [6.45, 7) is 0. The zero-order valence-electron chi connectivity index (χ0n) is 10.4. The van der Waals surface area contributed by atoms with Crippen LogP contribution in [0.25, 0.3) is 5.95 Å². The van der Waals surface area contributed by atoms with E-state index in [4.69, 9.17) is 5.84 Å². The summed E-state index contributed by atoms with van der Waals surface area (Å²) in [7, 11) is 0. The van der Waals surface area contributed by atoms with Crippen LogP contribution in [0.1, 0.15) is 25.7 Å². The van der Waals surface area contributed by atoms with Crippen molar-refractivity contribution in [1.29, 1.82) is 0 Å². The van der Waals surface area contributed by atoms with Crippen LogP contribution in [-0.2, 0) is 0 Å². The Morgan fingerprint density at radius 2 is 2.11 bits per heavy atom. The van der Waals surface area contributed by atoms with Gasteiger partial charge in [-0.05, 0) is 12.8 Å². The molecule has 1 saturated carbocycles. The first-order valence-electron chi connectivity index (χ1n) is 6.23. The van der Waals surface area contributed by atoms with Crippen molar-refractivity contribution in [2.75, 3.05) is 5.43 Å². The molecule has 1 fully saturated rings. The second-order valence-corrected chi connectivity index (χ2v) is 5.65. The molecule has 0 saturated heterocycles. The Bertz CT molecular complexity index is 536. The molecule has 2 heterocycles. The zero-order valence-corrected chi connectivity index (χ0v) is 11.2. The Hall–Kier alpha value is -1.67. The summed E-state index contributed by atoms with van der Waals surface area (Å²) in [5, 5.41) is 1.31. The van der Waals surface area contributed by atoms with Crippen molar-refractivity contribution in [2.24, 2.45) is 5.84 Å². The highest BCUT2D eigenvalue weighted by atomic mass is 32.2. The lowest BCUT2D eigenvalue weighted by molar-refractivity contribution is 0.815. The predicted octanol–water partition coefficient (Wildman–Crippen LogP) is 1.38. The Morgan fingerprint density at radius 3 is 2.79 bits per heavy atom. The maximum Gasteiger partial charge on any atom is 0.242 e. The average Bonchev–Trinajstić information content (AvgIpc) is 3.11. The number of hydrogen-bond donors (Lipinski definition) is 2. The second kappa shape index (κ2) is 5.54. The minimum atomic E-state index is 0.374. The van der Waals surface area contributed by atoms with Crippen molar-refractivity contribution < 1.29 is 0 Å². The molecule has 0 aliphatic heterocycles. The van der Waals surface area contributed by atoms with Gasteiger partial charge < -0.3 is 0 Å². The summed E-state index contributed by atoms with van der Waals surface area (Å²) in [5.74, 6) is 6.32. The molecule has 0 atom stereocenters. The number of nitrogens with zero attached hydrogens (tertiary/aromatic N) is 5. The monoisotopic (exact) mass is 277 g/mol. The van der Waals surface area contributed by atoms with Crippen LogP contribution in [0.3, 0.4) is 0 Å². The second-order valence-electron chi connectivity index (χ2n) is 4.38. The van der Waals surface area contributed by atoms with Crippen LogP contribution in [0.2, 0.25) is 0 Å². The van der Waals surface area contributed by atoms with E-state index >= 15 is 0 Å². The Morgan fingerprint density at radius 1 is 1.26 bits per heavy atom. The summed E-state index contributed by atoms with van der Waals surface area (Å²) in [5.41, 5.74) is 2.49. The van der Waals surface area contributed by atoms with Gasteiger partial charge in [0.05, 0.1) is 0 Å². The molecule has 1 aliphatic carbocycles. The fourth-order valence-corrected chi connectivity index (χ4v) is 3.25. The molecule has 0 radical (unpaired) electrons. The number of nitrogen functional groups attached to an aromatic ring is 1. The number of hydrazine groups is 1. The highest BCUT2D eigenvalue weighted by Crippen LogP contribution is 2.33. The first-order valence-corrected chi connectivity index (χ1v) is 7.11. The maximum atomic E-state index is 5.41. The third-order valence-electron chi connectivity index (χ3n) is 3.04. The quantitative estimate of drug-likeness (QED) is 0.644. The molecule has 3 N–H and O–H groups in total. The topological polar surface area (TPSA) is 94.5 Å². The van der Waals surface area contributed by atoms with E-state index in [0.717, 1.165) is 0 Å². The van der Waals surface area contributed by atoms with Crippen LogP contribution < -0.4 is 11.3 Å². The fourth-order valence-electron chi connectivity index (χ4n) is 2.11. The van der Waals surface area contributed by atoms with Crippen LogP contribution in [0.15, 0.2) is 23.9 Å². The van der Waals surface area contributed by atoms with Crippen LogP contribution in [0.4, 0.5) is 5.95 Å². The molecule has 0 aromatic carbocycles. The highest BCUT2D eigenvalue weighted by Gasteiger charge is 2.18. The number of nitrogens with two attached hydrogens (primary N) is 1. The first-order chi connectivity index (χ1) is 9.35. The van der Waals surface area contributed by atoms with Gasteiger partial charge in [-0.15, -0.1) is 0 Å². The van der Waals surface area contributed by atoms with Gasteiger partial charge in [0.25, 0.3) is 0 Å². The summed E-state index contributed by atoms with van der Waals surface area (Å²) in [6, 6.07) is 0. The van der Waals surface area contributed by atoms with Crippen molar-refractivity contribution >= 4 is 17.7 Å². The van der Waals surface area contributed by atoms with Gasteiger partial charge in [-0.2, -0.15) is 15.0 Å². The van der Waals surface area contributed by atoms with E-state index in [-0.39, 0.29) is 0 Å². The molecule has 2 aromatic heterocycles. The number of hydrogen-bond acceptors (Lipinski definition) is 7. The maximum absolute atomic E-state index is 5.41. The lowest BCUT2D eigenvalue weighted by Gasteiger charge is -2.09. The minimum absolute atomic E-state index is 0.374. The Labute approximate surface area is 115 Å². The minimum Gasteiger partial charge on any atom is -0.292 e. The average molecular weight is 277 g/mol. The van der Waals surface area contributed by atoms with E-state index in [1.54, 1.807) is 35.0 Å². The van der Waals surface area contributed by atoms with Crippen molar-refractivity contribution in [3.05, 3.63) is 18.7 Å². The zero-order chi connectivity index (χ0) is 13.1. The lowest BCUT2D eigenvalue weighted by Crippen LogP contribution is -2.14. The van der Waals surface area contributed by atoms with Gasteiger partial charge in [0.1, 0.15) is 6.33 Å². The lowest BCUT2D eigenvalue weighted by atomic mass is 10.4. The molecule has 0 bridgehead atoms. The Kier molecular flexibility index (Phi) is 3.60. The van der Waals surface area contributed by atoms with Gasteiger partial charge in [0.15, 0.2) is 5.16 Å². The van der Waals surface area contributed by atoms with Gasteiger partial charge in [-0.3, -0.25) is 9.99 Å². The van der Waals surface area contributed by atoms with Gasteiger partial charge in [0, 0.05) is 17.6 Å². The molecule has 7 nitrogen and oxygen atoms in total. The summed E-state index contributed by atoms with van der Waals surface area (Å²) >= 11 is 1.70. The molecular weight excluding hydrogens is 262 g/mol. The van der Waals surface area contributed by atoms with E-state index in [1.165, 1.54) is 25.7 Å². The third kappa shape index (κ3) is 2.85. The van der Waals surface area contributed by atoms with Gasteiger partial charge in [0.2, 0.25) is 11.9 Å². The molecule has 0 amide bonds. The number of anilines is 1. The van der Waals surface area contributed by atoms with E-state index < -0.39 is 0 Å². The van der Waals surface area contributed by atoms with E-state index in [0.29, 0.717) is 22.3 Å². The number of thioether (sulfide) groups is 1. The standard InChI is InChI=1S/C11H15N7S/c12-17-9-14-10(18-6-5-13-7-18)16-11(15-9)19-8-3-1-2-4-8/h5-8H,1-4,12H2,(H,14,15,16,17). The smallest absolute Gasteiger partial charge is 0.242 e. The molecule has 100 valence electrons. The molecule has 3 rings (SSSR count). The molecule has 1 aliphatic rings. The van der Waals surface area contributed by atoms with Gasteiger partial charge in [-0.25, -0.2) is 10.8 Å². The number of imidazole rings is 1. The van der Waals surface area contributed by atoms with E-state index in [1.807, 2.05) is 0 Å². The van der Waals surface area contributed by atoms with Crippen molar-refractivity contribution in [3.63, 3.8) is 0 Å². The SMILES string of the molecule is NNc1nc(SC2CCCC2)nc(-n2ccnc2)n1. The van der Waals surface area contributed by atoms with Gasteiger partial charge >= 0.3 is 0 Å². The molecule has 0 spiro atoms. The molecule has 0 unspecified atom stereocenters. The summed E-state index contributed by atoms with van der Waals surface area (Å²) < 4.78 is 1.74. The highest BCUT2D eigenvalue weighted by molar-refractivity contribution is 7.99. The van der Waals surface area contributed by atoms with Crippen molar-refractivity contribution in [3.8, 4) is 5.95 Å². The molecule has 2 aromatic rings. The Balaban J connectivity index is 1.88. The normalized spacial score (nSPS) is 15.8.